The van der Waals surface area contributed by atoms with Gasteiger partial charge in [-0.05, 0) is 66.6 Å². The van der Waals surface area contributed by atoms with Gasteiger partial charge in [-0.2, -0.15) is 0 Å². The van der Waals surface area contributed by atoms with Crippen molar-refractivity contribution in [1.29, 1.82) is 0 Å². The Balaban J connectivity index is 1.66. The van der Waals surface area contributed by atoms with E-state index in [-0.39, 0.29) is 19.1 Å². The predicted octanol–water partition coefficient (Wildman–Crippen LogP) is 5.29. The molecule has 168 valence electrons. The van der Waals surface area contributed by atoms with Crippen LogP contribution in [0.3, 0.4) is 0 Å². The summed E-state index contributed by atoms with van der Waals surface area (Å²) >= 11 is 12.1. The second-order valence-electron chi connectivity index (χ2n) is 7.15. The van der Waals surface area contributed by atoms with Gasteiger partial charge in [0.15, 0.2) is 6.61 Å². The maximum absolute atomic E-state index is 12.4. The summed E-state index contributed by atoms with van der Waals surface area (Å²) in [4.78, 5) is 12.2. The largest absolute Gasteiger partial charge is 0.484 e. The zero-order valence-corrected chi connectivity index (χ0v) is 19.8. The molecule has 3 aromatic rings. The van der Waals surface area contributed by atoms with Crippen LogP contribution in [-0.2, 0) is 21.4 Å². The van der Waals surface area contributed by atoms with Crippen LogP contribution < -0.4 is 14.4 Å². The molecule has 0 heterocycles. The molecular formula is C23H22Cl2N2O4S. The lowest BCUT2D eigenvalue weighted by Gasteiger charge is -2.23. The SMILES string of the molecule is Cc1cc(Cl)ccc1NC(=O)COc1ccc(N(Cc2ccccc2Cl)S(C)(=O)=O)cc1. The number of hydrogen-bond acceptors (Lipinski definition) is 4. The van der Waals surface area contributed by atoms with E-state index in [2.05, 4.69) is 5.32 Å². The number of amides is 1. The van der Waals surface area contributed by atoms with Crippen LogP contribution in [-0.4, -0.2) is 27.2 Å². The highest BCUT2D eigenvalue weighted by atomic mass is 35.5. The lowest BCUT2D eigenvalue weighted by Crippen LogP contribution is -2.29. The molecular weight excluding hydrogens is 471 g/mol. The fourth-order valence-corrected chi connectivity index (χ4v) is 4.29. The number of ether oxygens (including phenoxy) is 1. The molecule has 0 bridgehead atoms. The molecule has 0 saturated heterocycles. The molecule has 0 radical (unpaired) electrons. The molecule has 1 N–H and O–H groups in total. The average Bonchev–Trinajstić information content (AvgIpc) is 2.73. The lowest BCUT2D eigenvalue weighted by molar-refractivity contribution is -0.118. The molecule has 1 amide bonds. The maximum Gasteiger partial charge on any atom is 0.262 e. The first kappa shape index (κ1) is 23.9. The van der Waals surface area contributed by atoms with Gasteiger partial charge in [-0.3, -0.25) is 9.10 Å². The molecule has 0 spiro atoms. The summed E-state index contributed by atoms with van der Waals surface area (Å²) < 4.78 is 31.5. The molecule has 6 nitrogen and oxygen atoms in total. The lowest BCUT2D eigenvalue weighted by atomic mass is 10.2. The Hall–Kier alpha value is -2.74. The highest BCUT2D eigenvalue weighted by Gasteiger charge is 2.19. The van der Waals surface area contributed by atoms with Gasteiger partial charge in [0.2, 0.25) is 10.0 Å². The molecule has 9 heteroatoms. The van der Waals surface area contributed by atoms with Crippen LogP contribution in [0.1, 0.15) is 11.1 Å². The van der Waals surface area contributed by atoms with E-state index in [0.29, 0.717) is 32.7 Å². The molecule has 0 aliphatic carbocycles. The van der Waals surface area contributed by atoms with Crippen LogP contribution in [0, 0.1) is 6.92 Å². The molecule has 0 atom stereocenters. The van der Waals surface area contributed by atoms with E-state index in [4.69, 9.17) is 27.9 Å². The zero-order chi connectivity index (χ0) is 23.3. The Morgan fingerprint density at radius 1 is 1.03 bits per heavy atom. The highest BCUT2D eigenvalue weighted by molar-refractivity contribution is 7.92. The number of carbonyl (C=O) groups is 1. The van der Waals surface area contributed by atoms with Crippen molar-refractivity contribution in [1.82, 2.24) is 0 Å². The summed E-state index contributed by atoms with van der Waals surface area (Å²) in [5, 5.41) is 3.85. The Morgan fingerprint density at radius 2 is 1.72 bits per heavy atom. The molecule has 0 aromatic heterocycles. The quantitative estimate of drug-likeness (QED) is 0.463. The number of nitrogens with zero attached hydrogens (tertiary/aromatic N) is 1. The van der Waals surface area contributed by atoms with Crippen molar-refractivity contribution in [2.24, 2.45) is 0 Å². The molecule has 0 aliphatic rings. The third-order valence-corrected chi connectivity index (χ3v) is 6.37. The standard InChI is InChI=1S/C23H22Cl2N2O4S/c1-16-13-18(24)7-12-22(16)26-23(28)15-31-20-10-8-19(9-11-20)27(32(2,29)30)14-17-5-3-4-6-21(17)25/h3-13H,14-15H2,1-2H3,(H,26,28). The van der Waals surface area contributed by atoms with E-state index >= 15 is 0 Å². The number of halogens is 2. The van der Waals surface area contributed by atoms with Crippen LogP contribution in [0.2, 0.25) is 10.0 Å². The smallest absolute Gasteiger partial charge is 0.262 e. The normalized spacial score (nSPS) is 11.1. The summed E-state index contributed by atoms with van der Waals surface area (Å²) in [5.41, 5.74) is 2.64. The predicted molar refractivity (Wildman–Crippen MR) is 129 cm³/mol. The second-order valence-corrected chi connectivity index (χ2v) is 9.90. The Labute approximate surface area is 197 Å². The van der Waals surface area contributed by atoms with E-state index < -0.39 is 10.0 Å². The Kier molecular flexibility index (Phi) is 7.66. The van der Waals surface area contributed by atoms with E-state index in [9.17, 15) is 13.2 Å². The molecule has 32 heavy (non-hydrogen) atoms. The van der Waals surface area contributed by atoms with Crippen molar-refractivity contribution in [2.75, 3.05) is 22.5 Å². The first-order valence-corrected chi connectivity index (χ1v) is 12.2. The molecule has 3 aromatic carbocycles. The number of nitrogens with one attached hydrogen (secondary N) is 1. The van der Waals surface area contributed by atoms with Gasteiger partial charge in [0.05, 0.1) is 18.5 Å². The van der Waals surface area contributed by atoms with Crippen LogP contribution in [0.5, 0.6) is 5.75 Å². The first-order valence-electron chi connectivity index (χ1n) is 9.63. The number of sulfonamides is 1. The minimum Gasteiger partial charge on any atom is -0.484 e. The topological polar surface area (TPSA) is 75.7 Å². The highest BCUT2D eigenvalue weighted by Crippen LogP contribution is 2.26. The molecule has 0 fully saturated rings. The summed E-state index contributed by atoms with van der Waals surface area (Å²) in [7, 11) is -3.55. The van der Waals surface area contributed by atoms with E-state index in [1.807, 2.05) is 6.92 Å². The third kappa shape index (κ3) is 6.38. The number of aryl methyl sites for hydroxylation is 1. The van der Waals surface area contributed by atoms with Crippen LogP contribution in [0.4, 0.5) is 11.4 Å². The maximum atomic E-state index is 12.4. The van der Waals surface area contributed by atoms with Crippen molar-refractivity contribution in [3.8, 4) is 5.75 Å². The van der Waals surface area contributed by atoms with Crippen molar-refractivity contribution < 1.29 is 17.9 Å². The van der Waals surface area contributed by atoms with Gasteiger partial charge in [0.25, 0.3) is 5.91 Å². The first-order chi connectivity index (χ1) is 15.1. The van der Waals surface area contributed by atoms with Crippen LogP contribution >= 0.6 is 23.2 Å². The summed E-state index contributed by atoms with van der Waals surface area (Å²) in [6.07, 6.45) is 1.14. The van der Waals surface area contributed by atoms with Gasteiger partial charge >= 0.3 is 0 Å². The van der Waals surface area contributed by atoms with Gasteiger partial charge < -0.3 is 10.1 Å². The molecule has 3 rings (SSSR count). The van der Waals surface area contributed by atoms with Crippen molar-refractivity contribution >= 4 is 50.5 Å². The summed E-state index contributed by atoms with van der Waals surface area (Å²) in [5.74, 6) is 0.110. The minimum absolute atomic E-state index is 0.0988. The summed E-state index contributed by atoms with van der Waals surface area (Å²) in [6, 6.07) is 18.7. The van der Waals surface area contributed by atoms with Gasteiger partial charge in [-0.25, -0.2) is 8.42 Å². The number of anilines is 2. The van der Waals surface area contributed by atoms with Crippen LogP contribution in [0.25, 0.3) is 0 Å². The molecule has 0 saturated carbocycles. The fourth-order valence-electron chi connectivity index (χ4n) is 2.99. The third-order valence-electron chi connectivity index (χ3n) is 4.63. The van der Waals surface area contributed by atoms with Gasteiger partial charge in [-0.15, -0.1) is 0 Å². The van der Waals surface area contributed by atoms with E-state index in [0.717, 1.165) is 11.8 Å². The minimum atomic E-state index is -3.55. The van der Waals surface area contributed by atoms with E-state index in [1.54, 1.807) is 66.7 Å². The monoisotopic (exact) mass is 492 g/mol. The Bertz CT molecular complexity index is 1210. The van der Waals surface area contributed by atoms with Crippen LogP contribution in [0.15, 0.2) is 66.7 Å². The number of rotatable bonds is 8. The van der Waals surface area contributed by atoms with Crippen molar-refractivity contribution in [2.45, 2.75) is 13.5 Å². The number of hydrogen-bond donors (Lipinski definition) is 1. The van der Waals surface area contributed by atoms with Crippen molar-refractivity contribution in [3.63, 3.8) is 0 Å². The van der Waals surface area contributed by atoms with Crippen molar-refractivity contribution in [3.05, 3.63) is 87.9 Å². The number of benzene rings is 3. The fraction of sp³-hybridized carbons (Fsp3) is 0.174. The second kappa shape index (κ2) is 10.3. The van der Waals surface area contributed by atoms with Gasteiger partial charge in [-0.1, -0.05) is 41.4 Å². The molecule has 0 unspecified atom stereocenters. The summed E-state index contributed by atoms with van der Waals surface area (Å²) in [6.45, 7) is 1.75. The number of carbonyl (C=O) groups excluding carboxylic acids is 1. The Morgan fingerprint density at radius 3 is 2.34 bits per heavy atom. The average molecular weight is 493 g/mol. The van der Waals surface area contributed by atoms with Gasteiger partial charge in [0.1, 0.15) is 5.75 Å². The molecule has 0 aliphatic heterocycles. The van der Waals surface area contributed by atoms with Gasteiger partial charge in [0, 0.05) is 15.7 Å². The van der Waals surface area contributed by atoms with E-state index in [1.165, 1.54) is 4.31 Å². The zero-order valence-electron chi connectivity index (χ0n) is 17.5.